The van der Waals surface area contributed by atoms with Gasteiger partial charge in [0.1, 0.15) is 0 Å². The van der Waals surface area contributed by atoms with Gasteiger partial charge in [-0.3, -0.25) is 0 Å². The normalized spacial score (nSPS) is 9.79. The SMILES string of the molecule is CCC#CCc1csc2ccccc12. The standard InChI is InChI=1S/C13H12S/c1-2-3-4-7-11-10-14-13-9-6-5-8-12(11)13/h5-6,8-10H,2,7H2,1H3. The third-order valence-electron chi connectivity index (χ3n) is 2.14. The lowest BCUT2D eigenvalue weighted by molar-refractivity contribution is 1.26. The maximum atomic E-state index is 3.19. The van der Waals surface area contributed by atoms with Crippen molar-refractivity contribution in [3.05, 3.63) is 35.2 Å². The molecule has 1 aromatic heterocycles. The van der Waals surface area contributed by atoms with Crippen molar-refractivity contribution in [2.24, 2.45) is 0 Å². The lowest BCUT2D eigenvalue weighted by Crippen LogP contribution is -1.77. The maximum Gasteiger partial charge on any atom is 0.0354 e. The largest absolute Gasteiger partial charge is 0.143 e. The summed E-state index contributed by atoms with van der Waals surface area (Å²) in [4.78, 5) is 0. The predicted molar refractivity (Wildman–Crippen MR) is 63.6 cm³/mol. The van der Waals surface area contributed by atoms with E-state index >= 15 is 0 Å². The fourth-order valence-electron chi connectivity index (χ4n) is 1.45. The summed E-state index contributed by atoms with van der Waals surface area (Å²) >= 11 is 1.80. The molecular formula is C13H12S. The highest BCUT2D eigenvalue weighted by atomic mass is 32.1. The van der Waals surface area contributed by atoms with Crippen molar-refractivity contribution in [3.63, 3.8) is 0 Å². The van der Waals surface area contributed by atoms with E-state index in [0.717, 1.165) is 12.8 Å². The molecule has 0 unspecified atom stereocenters. The van der Waals surface area contributed by atoms with Crippen LogP contribution in [0.5, 0.6) is 0 Å². The lowest BCUT2D eigenvalue weighted by Gasteiger charge is -1.91. The second-order valence-corrected chi connectivity index (χ2v) is 4.05. The number of hydrogen-bond acceptors (Lipinski definition) is 1. The van der Waals surface area contributed by atoms with Crippen LogP contribution >= 0.6 is 11.3 Å². The first-order valence-electron chi connectivity index (χ1n) is 4.82. The van der Waals surface area contributed by atoms with Crippen LogP contribution in [0.15, 0.2) is 29.6 Å². The number of thiophene rings is 1. The molecule has 0 N–H and O–H groups in total. The van der Waals surface area contributed by atoms with Gasteiger partial charge in [0.25, 0.3) is 0 Å². The van der Waals surface area contributed by atoms with Gasteiger partial charge in [0, 0.05) is 17.5 Å². The molecule has 0 spiro atoms. The van der Waals surface area contributed by atoms with E-state index in [1.165, 1.54) is 15.6 Å². The fourth-order valence-corrected chi connectivity index (χ4v) is 2.42. The molecule has 0 aliphatic carbocycles. The van der Waals surface area contributed by atoms with Crippen molar-refractivity contribution >= 4 is 21.4 Å². The van der Waals surface area contributed by atoms with Crippen LogP contribution in [-0.4, -0.2) is 0 Å². The summed E-state index contributed by atoms with van der Waals surface area (Å²) < 4.78 is 1.36. The van der Waals surface area contributed by atoms with Crippen LogP contribution in [-0.2, 0) is 6.42 Å². The van der Waals surface area contributed by atoms with Crippen molar-refractivity contribution in [2.45, 2.75) is 19.8 Å². The summed E-state index contributed by atoms with van der Waals surface area (Å²) in [6.45, 7) is 2.08. The number of benzene rings is 1. The van der Waals surface area contributed by atoms with Crippen LogP contribution in [0.25, 0.3) is 10.1 Å². The first-order valence-corrected chi connectivity index (χ1v) is 5.70. The first-order chi connectivity index (χ1) is 6.92. The Morgan fingerprint density at radius 3 is 2.93 bits per heavy atom. The van der Waals surface area contributed by atoms with Gasteiger partial charge < -0.3 is 0 Å². The van der Waals surface area contributed by atoms with E-state index in [0.29, 0.717) is 0 Å². The second kappa shape index (κ2) is 4.30. The fraction of sp³-hybridized carbons (Fsp3) is 0.231. The predicted octanol–water partition coefficient (Wildman–Crippen LogP) is 3.86. The summed E-state index contributed by atoms with van der Waals surface area (Å²) in [6, 6.07) is 8.51. The summed E-state index contributed by atoms with van der Waals surface area (Å²) in [6.07, 6.45) is 1.83. The highest BCUT2D eigenvalue weighted by Gasteiger charge is 2.00. The van der Waals surface area contributed by atoms with Crippen molar-refractivity contribution < 1.29 is 0 Å². The minimum atomic E-state index is 0.887. The highest BCUT2D eigenvalue weighted by Crippen LogP contribution is 2.25. The van der Waals surface area contributed by atoms with Crippen molar-refractivity contribution in [1.82, 2.24) is 0 Å². The Hall–Kier alpha value is -1.26. The minimum Gasteiger partial charge on any atom is -0.143 e. The molecule has 0 fully saturated rings. The quantitative estimate of drug-likeness (QED) is 0.613. The van der Waals surface area contributed by atoms with Gasteiger partial charge in [-0.05, 0) is 22.4 Å². The van der Waals surface area contributed by atoms with Gasteiger partial charge in [0.15, 0.2) is 0 Å². The van der Waals surface area contributed by atoms with E-state index in [-0.39, 0.29) is 0 Å². The molecule has 0 saturated carbocycles. The van der Waals surface area contributed by atoms with Gasteiger partial charge in [-0.15, -0.1) is 17.3 Å². The molecule has 0 atom stereocenters. The molecule has 0 aliphatic heterocycles. The Labute approximate surface area is 88.6 Å². The Morgan fingerprint density at radius 2 is 2.07 bits per heavy atom. The van der Waals surface area contributed by atoms with E-state index in [1.807, 2.05) is 0 Å². The second-order valence-electron chi connectivity index (χ2n) is 3.14. The molecule has 1 heterocycles. The van der Waals surface area contributed by atoms with Crippen LogP contribution in [0.2, 0.25) is 0 Å². The Balaban J connectivity index is 2.34. The third kappa shape index (κ3) is 1.81. The van der Waals surface area contributed by atoms with Gasteiger partial charge in [0.05, 0.1) is 0 Å². The van der Waals surface area contributed by atoms with Crippen molar-refractivity contribution in [1.29, 1.82) is 0 Å². The van der Waals surface area contributed by atoms with Crippen LogP contribution in [0.1, 0.15) is 18.9 Å². The Bertz CT molecular complexity index is 482. The topological polar surface area (TPSA) is 0 Å². The zero-order valence-electron chi connectivity index (χ0n) is 8.21. The molecule has 0 radical (unpaired) electrons. The lowest BCUT2D eigenvalue weighted by atomic mass is 10.1. The van der Waals surface area contributed by atoms with Crippen molar-refractivity contribution in [2.75, 3.05) is 0 Å². The molecule has 0 amide bonds. The van der Waals surface area contributed by atoms with E-state index in [1.54, 1.807) is 11.3 Å². The molecule has 0 nitrogen and oxygen atoms in total. The molecule has 1 aromatic carbocycles. The van der Waals surface area contributed by atoms with Gasteiger partial charge in [0.2, 0.25) is 0 Å². The maximum absolute atomic E-state index is 3.19. The van der Waals surface area contributed by atoms with E-state index < -0.39 is 0 Å². The third-order valence-corrected chi connectivity index (χ3v) is 3.15. The average molecular weight is 200 g/mol. The van der Waals surface area contributed by atoms with E-state index in [2.05, 4.69) is 48.4 Å². The number of rotatable bonds is 1. The van der Waals surface area contributed by atoms with Crippen LogP contribution < -0.4 is 0 Å². The van der Waals surface area contributed by atoms with Gasteiger partial charge >= 0.3 is 0 Å². The number of fused-ring (bicyclic) bond motifs is 1. The van der Waals surface area contributed by atoms with E-state index in [9.17, 15) is 0 Å². The summed E-state index contributed by atoms with van der Waals surface area (Å²) in [5.41, 5.74) is 1.37. The molecular weight excluding hydrogens is 188 g/mol. The van der Waals surface area contributed by atoms with Gasteiger partial charge in [-0.1, -0.05) is 31.0 Å². The molecule has 14 heavy (non-hydrogen) atoms. The Kier molecular flexibility index (Phi) is 2.86. The molecule has 70 valence electrons. The molecule has 2 aromatic rings. The monoisotopic (exact) mass is 200 g/mol. The summed E-state index contributed by atoms with van der Waals surface area (Å²) in [5.74, 6) is 6.29. The van der Waals surface area contributed by atoms with Crippen LogP contribution in [0.3, 0.4) is 0 Å². The molecule has 1 heteroatoms. The average Bonchev–Trinajstić information content (AvgIpc) is 2.63. The highest BCUT2D eigenvalue weighted by molar-refractivity contribution is 7.17. The van der Waals surface area contributed by atoms with Gasteiger partial charge in [-0.2, -0.15) is 0 Å². The van der Waals surface area contributed by atoms with Crippen LogP contribution in [0, 0.1) is 11.8 Å². The van der Waals surface area contributed by atoms with Crippen molar-refractivity contribution in [3.8, 4) is 11.8 Å². The zero-order valence-corrected chi connectivity index (χ0v) is 9.03. The smallest absolute Gasteiger partial charge is 0.0354 e. The van der Waals surface area contributed by atoms with Crippen LogP contribution in [0.4, 0.5) is 0 Å². The number of hydrogen-bond donors (Lipinski definition) is 0. The molecule has 2 rings (SSSR count). The van der Waals surface area contributed by atoms with E-state index in [4.69, 9.17) is 0 Å². The summed E-state index contributed by atoms with van der Waals surface area (Å²) in [7, 11) is 0. The Morgan fingerprint density at radius 1 is 1.21 bits per heavy atom. The molecule has 0 bridgehead atoms. The molecule has 0 saturated heterocycles. The zero-order chi connectivity index (χ0) is 9.80. The molecule has 0 aliphatic rings. The minimum absolute atomic E-state index is 0.887. The summed E-state index contributed by atoms with van der Waals surface area (Å²) in [5, 5.41) is 3.58. The first kappa shape index (κ1) is 9.30. The van der Waals surface area contributed by atoms with Gasteiger partial charge in [-0.25, -0.2) is 0 Å².